The number of carbonyl (C=O) groups is 5. The van der Waals surface area contributed by atoms with Gasteiger partial charge >= 0.3 is 0 Å². The lowest BCUT2D eigenvalue weighted by Gasteiger charge is -2.25. The lowest BCUT2D eigenvalue weighted by atomic mass is 10.00. The van der Waals surface area contributed by atoms with Crippen molar-refractivity contribution in [2.45, 2.75) is 57.2 Å². The third kappa shape index (κ3) is 8.81. The molecule has 5 amide bonds. The van der Waals surface area contributed by atoms with Gasteiger partial charge in [0.05, 0.1) is 19.6 Å². The third-order valence-corrected chi connectivity index (χ3v) is 7.30. The van der Waals surface area contributed by atoms with E-state index in [4.69, 9.17) is 4.74 Å². The Morgan fingerprint density at radius 1 is 0.791 bits per heavy atom. The first kappa shape index (κ1) is 31.1. The number of methoxy groups -OCH3 is 1. The number of H-pyrrole nitrogens is 1. The Morgan fingerprint density at radius 2 is 1.53 bits per heavy atom. The molecule has 3 atom stereocenters. The fourth-order valence-electron chi connectivity index (χ4n) is 4.90. The second-order valence-electron chi connectivity index (χ2n) is 10.5. The fourth-order valence-corrected chi connectivity index (χ4v) is 4.90. The second-order valence-corrected chi connectivity index (χ2v) is 10.5. The first-order chi connectivity index (χ1) is 20.7. The highest BCUT2D eigenvalue weighted by molar-refractivity contribution is 5.93. The van der Waals surface area contributed by atoms with Crippen LogP contribution in [0, 0.1) is 0 Å². The fraction of sp³-hybridized carbons (Fsp3) is 0.387. The molecule has 1 aliphatic rings. The summed E-state index contributed by atoms with van der Waals surface area (Å²) in [6.45, 7) is 1.91. The molecular formula is C31H38N6O6. The summed E-state index contributed by atoms with van der Waals surface area (Å²) in [6.07, 6.45) is 2.47. The average molecular weight is 591 g/mol. The molecular weight excluding hydrogens is 552 g/mol. The Kier molecular flexibility index (Phi) is 10.7. The molecule has 1 fully saturated rings. The van der Waals surface area contributed by atoms with E-state index in [1.165, 1.54) is 6.92 Å². The molecule has 43 heavy (non-hydrogen) atoms. The maximum atomic E-state index is 13.9. The van der Waals surface area contributed by atoms with Gasteiger partial charge in [-0.1, -0.05) is 30.3 Å². The second kappa shape index (κ2) is 14.9. The number of para-hydroxylation sites is 1. The smallest absolute Gasteiger partial charge is 0.243 e. The van der Waals surface area contributed by atoms with Crippen LogP contribution < -0.4 is 31.3 Å². The van der Waals surface area contributed by atoms with E-state index in [0.29, 0.717) is 17.7 Å². The number of aromatic nitrogens is 1. The zero-order valence-electron chi connectivity index (χ0n) is 24.3. The largest absolute Gasteiger partial charge is 0.497 e. The highest BCUT2D eigenvalue weighted by Gasteiger charge is 2.28. The Morgan fingerprint density at radius 3 is 2.30 bits per heavy atom. The summed E-state index contributed by atoms with van der Waals surface area (Å²) in [7, 11) is 1.55. The first-order valence-electron chi connectivity index (χ1n) is 14.4. The number of hydrogen-bond acceptors (Lipinski definition) is 6. The van der Waals surface area contributed by atoms with Crippen LogP contribution in [0.25, 0.3) is 10.9 Å². The molecule has 0 radical (unpaired) electrons. The van der Waals surface area contributed by atoms with Gasteiger partial charge in [-0.05, 0) is 42.7 Å². The van der Waals surface area contributed by atoms with Gasteiger partial charge in [0, 0.05) is 49.5 Å². The van der Waals surface area contributed by atoms with Crippen LogP contribution in [0.1, 0.15) is 49.8 Å². The average Bonchev–Trinajstić information content (AvgIpc) is 3.40. The van der Waals surface area contributed by atoms with Gasteiger partial charge in [0.25, 0.3) is 0 Å². The zero-order chi connectivity index (χ0) is 30.8. The van der Waals surface area contributed by atoms with E-state index in [-0.39, 0.29) is 50.6 Å². The van der Waals surface area contributed by atoms with Gasteiger partial charge in [-0.25, -0.2) is 0 Å². The monoisotopic (exact) mass is 590 g/mol. The molecule has 2 heterocycles. The molecule has 12 nitrogen and oxygen atoms in total. The van der Waals surface area contributed by atoms with Crippen molar-refractivity contribution in [3.8, 4) is 5.75 Å². The van der Waals surface area contributed by atoms with Gasteiger partial charge in [-0.2, -0.15) is 0 Å². The molecule has 0 spiro atoms. The van der Waals surface area contributed by atoms with Gasteiger partial charge in [-0.3, -0.25) is 24.0 Å². The quantitative estimate of drug-likeness (QED) is 0.268. The SMILES string of the molecule is COc1ccc([C@H]2CC(=O)NCCCC(=O)NCCC(=O)N[C@@H](C)C(=O)N[C@H](Cc3c[nH]c4ccccc34)C(=O)N2)cc1. The molecule has 0 unspecified atom stereocenters. The predicted octanol–water partition coefficient (Wildman–Crippen LogP) is 1.37. The highest BCUT2D eigenvalue weighted by atomic mass is 16.5. The number of fused-ring (bicyclic) bond motifs is 1. The predicted molar refractivity (Wildman–Crippen MR) is 160 cm³/mol. The maximum Gasteiger partial charge on any atom is 0.243 e. The molecule has 12 heteroatoms. The van der Waals surface area contributed by atoms with Crippen molar-refractivity contribution >= 4 is 40.4 Å². The highest BCUT2D eigenvalue weighted by Crippen LogP contribution is 2.22. The molecule has 1 aromatic heterocycles. The number of ether oxygens (including phenoxy) is 1. The van der Waals surface area contributed by atoms with Crippen molar-refractivity contribution in [2.75, 3.05) is 20.2 Å². The number of carbonyl (C=O) groups excluding carboxylic acids is 5. The normalized spacial score (nSPS) is 21.7. The van der Waals surface area contributed by atoms with Crippen LogP contribution >= 0.6 is 0 Å². The lowest BCUT2D eigenvalue weighted by Crippen LogP contribution is -2.54. The van der Waals surface area contributed by atoms with E-state index in [2.05, 4.69) is 31.6 Å². The molecule has 2 aromatic carbocycles. The van der Waals surface area contributed by atoms with Crippen molar-refractivity contribution < 1.29 is 28.7 Å². The van der Waals surface area contributed by atoms with Crippen molar-refractivity contribution in [3.05, 3.63) is 65.9 Å². The van der Waals surface area contributed by atoms with Gasteiger partial charge in [0.2, 0.25) is 29.5 Å². The van der Waals surface area contributed by atoms with Crippen molar-refractivity contribution in [2.24, 2.45) is 0 Å². The summed E-state index contributed by atoms with van der Waals surface area (Å²) in [5.41, 5.74) is 2.38. The molecule has 0 aliphatic carbocycles. The van der Waals surface area contributed by atoms with Gasteiger partial charge in [-0.15, -0.1) is 0 Å². The summed E-state index contributed by atoms with van der Waals surface area (Å²) in [6, 6.07) is 12.0. The number of nitrogens with one attached hydrogen (secondary N) is 6. The van der Waals surface area contributed by atoms with E-state index in [1.807, 2.05) is 24.3 Å². The Bertz CT molecular complexity index is 1450. The van der Waals surface area contributed by atoms with E-state index in [0.717, 1.165) is 16.5 Å². The standard InChI is InChI=1S/C31H38N6O6/c1-19-30(41)37-26(16-21-18-34-24-7-4-3-6-23(21)24)31(42)36-25(20-9-11-22(43-2)12-10-20)17-29(40)32-14-5-8-27(38)33-15-13-28(39)35-19/h3-4,6-7,9-12,18-19,25-26,34H,5,8,13-17H2,1-2H3,(H,32,40)(H,33,38)(H,35,39)(H,36,42)(H,37,41)/t19-,25+,26+/m0/s1. The number of rotatable bonds is 4. The van der Waals surface area contributed by atoms with Crippen LogP contribution in [0.5, 0.6) is 5.75 Å². The molecule has 228 valence electrons. The van der Waals surface area contributed by atoms with Crippen LogP contribution in [0.2, 0.25) is 0 Å². The minimum absolute atomic E-state index is 0.0110. The Labute approximate surface area is 249 Å². The van der Waals surface area contributed by atoms with E-state index in [1.54, 1.807) is 37.6 Å². The minimum atomic E-state index is -1.02. The van der Waals surface area contributed by atoms with Gasteiger partial charge < -0.3 is 36.3 Å². The van der Waals surface area contributed by atoms with Crippen molar-refractivity contribution in [1.82, 2.24) is 31.6 Å². The number of benzene rings is 2. The van der Waals surface area contributed by atoms with Crippen LogP contribution in [0.3, 0.4) is 0 Å². The summed E-state index contributed by atoms with van der Waals surface area (Å²) in [4.78, 5) is 67.7. The van der Waals surface area contributed by atoms with Crippen LogP contribution in [0.4, 0.5) is 0 Å². The maximum absolute atomic E-state index is 13.9. The number of aromatic amines is 1. The van der Waals surface area contributed by atoms with Crippen LogP contribution in [0.15, 0.2) is 54.7 Å². The first-order valence-corrected chi connectivity index (χ1v) is 14.4. The summed E-state index contributed by atoms with van der Waals surface area (Å²) >= 11 is 0. The molecule has 4 rings (SSSR count). The molecule has 1 aliphatic heterocycles. The Hall–Kier alpha value is -4.87. The summed E-state index contributed by atoms with van der Waals surface area (Å²) in [5, 5.41) is 14.8. The number of hydrogen-bond donors (Lipinski definition) is 6. The minimum Gasteiger partial charge on any atom is -0.497 e. The van der Waals surface area contributed by atoms with E-state index in [9.17, 15) is 24.0 Å². The third-order valence-electron chi connectivity index (χ3n) is 7.30. The topological polar surface area (TPSA) is 171 Å². The van der Waals surface area contributed by atoms with Crippen molar-refractivity contribution in [1.29, 1.82) is 0 Å². The van der Waals surface area contributed by atoms with Gasteiger partial charge in [0.1, 0.15) is 17.8 Å². The molecule has 6 N–H and O–H groups in total. The zero-order valence-corrected chi connectivity index (χ0v) is 24.3. The molecule has 0 saturated carbocycles. The van der Waals surface area contributed by atoms with Gasteiger partial charge in [0.15, 0.2) is 0 Å². The van der Waals surface area contributed by atoms with E-state index < -0.39 is 35.8 Å². The van der Waals surface area contributed by atoms with Crippen LogP contribution in [-0.2, 0) is 30.4 Å². The summed E-state index contributed by atoms with van der Waals surface area (Å²) in [5.74, 6) is -1.37. The van der Waals surface area contributed by atoms with E-state index >= 15 is 0 Å². The lowest BCUT2D eigenvalue weighted by molar-refractivity contribution is -0.132. The Balaban J connectivity index is 1.62. The summed E-state index contributed by atoms with van der Waals surface area (Å²) < 4.78 is 5.26. The molecule has 1 saturated heterocycles. The molecule has 0 bridgehead atoms. The van der Waals surface area contributed by atoms with Crippen LogP contribution in [-0.4, -0.2) is 66.8 Å². The van der Waals surface area contributed by atoms with Crippen molar-refractivity contribution in [3.63, 3.8) is 0 Å². The number of amides is 5. The molecule has 3 aromatic rings.